The van der Waals surface area contributed by atoms with Crippen LogP contribution in [0.5, 0.6) is 28.7 Å². The number of anilines is 1. The number of alkyl halides is 4. The van der Waals surface area contributed by atoms with Gasteiger partial charge in [-0.05, 0) is 11.6 Å². The normalized spacial score (nSPS) is 14.8. The third-order valence-electron chi connectivity index (χ3n) is 6.52. The fraction of sp³-hybridized carbons (Fsp3) is 0.346. The molecule has 0 unspecified atom stereocenters. The predicted octanol–water partition coefficient (Wildman–Crippen LogP) is 5.68. The molecule has 0 aliphatic carbocycles. The van der Waals surface area contributed by atoms with Crippen molar-refractivity contribution in [2.24, 2.45) is 0 Å². The van der Waals surface area contributed by atoms with E-state index in [2.05, 4.69) is 27.5 Å². The fourth-order valence-corrected chi connectivity index (χ4v) is 5.39. The highest BCUT2D eigenvalue weighted by atomic mass is 79.9. The molecule has 0 spiro atoms. The first-order valence-corrected chi connectivity index (χ1v) is 12.6. The standard InChI is InChI=1S/C26H26BrF3N2O7/c1-6-12-7-16(35-2)22(36-3)23(37-4)21(12)39-11-32-10-13(9-27)17-14(32)8-15(33)20-18(17)19(25(34)38-5)24(31-20)26(28,29)30/h6-8,13,31,33H,1,9-11H2,2-5H3/t13-/m1/s1. The maximum atomic E-state index is 13.9. The van der Waals surface area contributed by atoms with Crippen molar-refractivity contribution in [2.45, 2.75) is 12.1 Å². The molecule has 2 heterocycles. The number of esters is 1. The molecular weight excluding hydrogens is 589 g/mol. The van der Waals surface area contributed by atoms with Crippen molar-refractivity contribution in [2.75, 3.05) is 51.9 Å². The number of nitrogens with one attached hydrogen (secondary N) is 1. The zero-order valence-corrected chi connectivity index (χ0v) is 23.1. The molecule has 0 amide bonds. The van der Waals surface area contributed by atoms with Crippen molar-refractivity contribution in [3.05, 3.63) is 41.1 Å². The number of fused-ring (bicyclic) bond motifs is 3. The van der Waals surface area contributed by atoms with Gasteiger partial charge in [-0.2, -0.15) is 13.2 Å². The first kappa shape index (κ1) is 28.3. The SMILES string of the molecule is C=Cc1cc(OC)c(OC)c(OC)c1OCN1C[C@@H](CBr)c2c1cc(O)c1[nH]c(C(F)(F)F)c(C(=O)OC)c21. The minimum absolute atomic E-state index is 0.0494. The Morgan fingerprint density at radius 3 is 2.41 bits per heavy atom. The molecule has 0 bridgehead atoms. The number of aromatic amines is 1. The van der Waals surface area contributed by atoms with E-state index in [1.54, 1.807) is 17.0 Å². The largest absolute Gasteiger partial charge is 0.506 e. The van der Waals surface area contributed by atoms with Gasteiger partial charge in [0.15, 0.2) is 18.2 Å². The maximum Gasteiger partial charge on any atom is 0.432 e. The number of carbonyl (C=O) groups excluding carboxylic acids is 1. The van der Waals surface area contributed by atoms with Gasteiger partial charge >= 0.3 is 12.1 Å². The maximum absolute atomic E-state index is 13.9. The summed E-state index contributed by atoms with van der Waals surface area (Å²) in [6.07, 6.45) is -3.34. The summed E-state index contributed by atoms with van der Waals surface area (Å²) in [7, 11) is 5.37. The smallest absolute Gasteiger partial charge is 0.432 e. The van der Waals surface area contributed by atoms with E-state index in [0.717, 1.165) is 7.11 Å². The lowest BCUT2D eigenvalue weighted by molar-refractivity contribution is -0.141. The van der Waals surface area contributed by atoms with Crippen molar-refractivity contribution in [3.63, 3.8) is 0 Å². The van der Waals surface area contributed by atoms with Crippen LogP contribution in [0.15, 0.2) is 18.7 Å². The number of aromatic hydroxyl groups is 1. The molecule has 3 aromatic rings. The Morgan fingerprint density at radius 1 is 1.18 bits per heavy atom. The molecule has 9 nitrogen and oxygen atoms in total. The molecule has 1 aliphatic rings. The molecule has 4 rings (SSSR count). The summed E-state index contributed by atoms with van der Waals surface area (Å²) in [5, 5.41) is 11.1. The average Bonchev–Trinajstić information content (AvgIpc) is 3.49. The van der Waals surface area contributed by atoms with Crippen LogP contribution in [0.4, 0.5) is 18.9 Å². The van der Waals surface area contributed by atoms with Crippen LogP contribution in [0.1, 0.15) is 33.1 Å². The number of methoxy groups -OCH3 is 4. The highest BCUT2D eigenvalue weighted by Crippen LogP contribution is 2.50. The first-order valence-electron chi connectivity index (χ1n) is 11.5. The molecule has 0 radical (unpaired) electrons. The quantitative estimate of drug-likeness (QED) is 0.234. The summed E-state index contributed by atoms with van der Waals surface area (Å²) in [6, 6.07) is 3.01. The van der Waals surface area contributed by atoms with Crippen LogP contribution in [0, 0.1) is 0 Å². The Hall–Kier alpha value is -3.74. The van der Waals surface area contributed by atoms with E-state index >= 15 is 0 Å². The molecule has 0 saturated carbocycles. The van der Waals surface area contributed by atoms with Gasteiger partial charge in [-0.25, -0.2) is 4.79 Å². The van der Waals surface area contributed by atoms with Crippen molar-refractivity contribution < 1.29 is 46.8 Å². The number of hydrogen-bond acceptors (Lipinski definition) is 8. The Balaban J connectivity index is 1.85. The highest BCUT2D eigenvalue weighted by Gasteiger charge is 2.43. The summed E-state index contributed by atoms with van der Waals surface area (Å²) in [5.74, 6) is -0.716. The van der Waals surface area contributed by atoms with E-state index in [9.17, 15) is 23.1 Å². The number of ether oxygens (including phenoxy) is 5. The van der Waals surface area contributed by atoms with Crippen LogP contribution in [-0.2, 0) is 10.9 Å². The van der Waals surface area contributed by atoms with Crippen LogP contribution in [0.25, 0.3) is 17.0 Å². The Bertz CT molecular complexity index is 1440. The van der Waals surface area contributed by atoms with Gasteiger partial charge in [0.05, 0.1) is 39.5 Å². The van der Waals surface area contributed by atoms with E-state index in [4.69, 9.17) is 23.7 Å². The number of nitrogens with zero attached hydrogens (tertiary/aromatic N) is 1. The molecule has 2 N–H and O–H groups in total. The van der Waals surface area contributed by atoms with Crippen molar-refractivity contribution in [1.29, 1.82) is 0 Å². The molecule has 0 fully saturated rings. The van der Waals surface area contributed by atoms with E-state index in [0.29, 0.717) is 45.9 Å². The molecule has 210 valence electrons. The Labute approximate surface area is 230 Å². The van der Waals surface area contributed by atoms with Gasteiger partial charge < -0.3 is 38.7 Å². The van der Waals surface area contributed by atoms with Gasteiger partial charge in [-0.15, -0.1) is 0 Å². The molecule has 0 saturated heterocycles. The van der Waals surface area contributed by atoms with Gasteiger partial charge in [0.25, 0.3) is 0 Å². The molecule has 2 aromatic carbocycles. The fourth-order valence-electron chi connectivity index (χ4n) is 4.86. The number of rotatable bonds is 9. The molecule has 39 heavy (non-hydrogen) atoms. The lowest BCUT2D eigenvalue weighted by Crippen LogP contribution is -2.27. The third kappa shape index (κ3) is 4.68. The van der Waals surface area contributed by atoms with E-state index < -0.39 is 29.2 Å². The number of phenolic OH excluding ortho intramolecular Hbond substituents is 1. The predicted molar refractivity (Wildman–Crippen MR) is 142 cm³/mol. The molecule has 1 atom stereocenters. The number of halogens is 4. The van der Waals surface area contributed by atoms with Gasteiger partial charge in [-0.1, -0.05) is 28.6 Å². The topological polar surface area (TPSA) is 102 Å². The molecule has 13 heteroatoms. The summed E-state index contributed by atoms with van der Waals surface area (Å²) < 4.78 is 68.9. The molecular formula is C26H26BrF3N2O7. The number of aromatic nitrogens is 1. The lowest BCUT2D eigenvalue weighted by atomic mass is 9.95. The lowest BCUT2D eigenvalue weighted by Gasteiger charge is -2.23. The minimum Gasteiger partial charge on any atom is -0.506 e. The third-order valence-corrected chi connectivity index (χ3v) is 7.30. The van der Waals surface area contributed by atoms with Crippen LogP contribution < -0.4 is 23.8 Å². The molecule has 1 aromatic heterocycles. The second-order valence-corrected chi connectivity index (χ2v) is 9.21. The van der Waals surface area contributed by atoms with Crippen LogP contribution in [0.3, 0.4) is 0 Å². The zero-order chi connectivity index (χ0) is 28.6. The monoisotopic (exact) mass is 614 g/mol. The molecule has 1 aliphatic heterocycles. The van der Waals surface area contributed by atoms with Crippen LogP contribution in [-0.4, -0.2) is 63.1 Å². The van der Waals surface area contributed by atoms with Gasteiger partial charge in [-0.3, -0.25) is 0 Å². The Kier molecular flexibility index (Phi) is 7.82. The van der Waals surface area contributed by atoms with Gasteiger partial charge in [0.2, 0.25) is 11.5 Å². The summed E-state index contributed by atoms with van der Waals surface area (Å²) in [6.45, 7) is 4.04. The number of phenols is 1. The van der Waals surface area contributed by atoms with E-state index in [1.165, 1.54) is 27.4 Å². The van der Waals surface area contributed by atoms with Gasteiger partial charge in [0.1, 0.15) is 11.4 Å². The Morgan fingerprint density at radius 2 is 1.87 bits per heavy atom. The average molecular weight is 615 g/mol. The van der Waals surface area contributed by atoms with Gasteiger partial charge in [0, 0.05) is 40.5 Å². The van der Waals surface area contributed by atoms with Crippen LogP contribution >= 0.6 is 15.9 Å². The second-order valence-electron chi connectivity index (χ2n) is 8.56. The van der Waals surface area contributed by atoms with Crippen LogP contribution in [0.2, 0.25) is 0 Å². The number of hydrogen-bond donors (Lipinski definition) is 2. The second kappa shape index (κ2) is 10.8. The number of benzene rings is 2. The highest BCUT2D eigenvalue weighted by molar-refractivity contribution is 9.09. The summed E-state index contributed by atoms with van der Waals surface area (Å²) in [4.78, 5) is 16.5. The number of carbonyl (C=O) groups is 1. The van der Waals surface area contributed by atoms with E-state index in [-0.39, 0.29) is 29.3 Å². The minimum atomic E-state index is -4.89. The van der Waals surface area contributed by atoms with Crippen molar-refractivity contribution >= 4 is 44.6 Å². The zero-order valence-electron chi connectivity index (χ0n) is 21.5. The van der Waals surface area contributed by atoms with Crippen molar-refractivity contribution in [3.8, 4) is 28.7 Å². The summed E-state index contributed by atoms with van der Waals surface area (Å²) in [5.41, 5.74) is -0.780. The first-order chi connectivity index (χ1) is 18.6. The summed E-state index contributed by atoms with van der Waals surface area (Å²) >= 11 is 3.44. The van der Waals surface area contributed by atoms with Crippen molar-refractivity contribution in [1.82, 2.24) is 4.98 Å². The number of H-pyrrole nitrogens is 1. The van der Waals surface area contributed by atoms with E-state index in [1.807, 2.05) is 0 Å².